The molecule has 13 nitrogen and oxygen atoms in total. The van der Waals surface area contributed by atoms with E-state index in [2.05, 4.69) is 9.97 Å². The van der Waals surface area contributed by atoms with Crippen molar-refractivity contribution in [3.05, 3.63) is 166 Å². The topological polar surface area (TPSA) is 242 Å². The van der Waals surface area contributed by atoms with Gasteiger partial charge in [-0.1, -0.05) is 48.5 Å². The van der Waals surface area contributed by atoms with Gasteiger partial charge in [-0.2, -0.15) is 0 Å². The van der Waals surface area contributed by atoms with E-state index in [1.165, 1.54) is 48.5 Å². The number of aromatic carboxylic acids is 4. The molecule has 0 saturated carbocycles. The number of nitrogens with zero attached hydrogens (tertiary/aromatic N) is 2. The van der Waals surface area contributed by atoms with Crippen LogP contribution in [0.4, 0.5) is 0 Å². The summed E-state index contributed by atoms with van der Waals surface area (Å²) in [7, 11) is 0. The molecule has 298 valence electrons. The molecule has 0 saturated heterocycles. The second kappa shape index (κ2) is 15.6. The van der Waals surface area contributed by atoms with Crippen molar-refractivity contribution in [3.8, 4) is 44.5 Å². The minimum atomic E-state index is -1.06. The van der Waals surface area contributed by atoms with E-state index in [-0.39, 0.29) is 28.4 Å². The van der Waals surface area contributed by atoms with E-state index in [9.17, 15) is 39.6 Å². The van der Waals surface area contributed by atoms with E-state index < -0.39 is 23.9 Å². The Balaban J connectivity index is 0.00000514. The highest BCUT2D eigenvalue weighted by molar-refractivity contribution is 6.01. The molecule has 2 aliphatic rings. The zero-order valence-electron chi connectivity index (χ0n) is 31.9. The van der Waals surface area contributed by atoms with E-state index in [0.29, 0.717) is 89.4 Å². The number of carbonyl (C=O) groups is 4. The largest absolute Gasteiger partial charge is 0.478 e. The van der Waals surface area contributed by atoms with Crippen molar-refractivity contribution >= 4 is 70.2 Å². The van der Waals surface area contributed by atoms with Crippen LogP contribution in [0.5, 0.6) is 0 Å². The number of rotatable bonds is 8. The summed E-state index contributed by atoms with van der Waals surface area (Å²) in [6, 6.07) is 33.6. The highest BCUT2D eigenvalue weighted by atomic mass is 16.4. The first-order valence-electron chi connectivity index (χ1n) is 18.5. The number of hydrogen-bond donors (Lipinski definition) is 7. The molecule has 0 fully saturated rings. The fraction of sp³-hybridized carbons (Fsp3) is 0. The molecule has 9 rings (SSSR count). The van der Waals surface area contributed by atoms with E-state index >= 15 is 0 Å². The van der Waals surface area contributed by atoms with Crippen LogP contribution in [0.15, 0.2) is 121 Å². The van der Waals surface area contributed by atoms with E-state index in [0.717, 1.165) is 0 Å². The van der Waals surface area contributed by atoms with E-state index in [1.807, 2.05) is 48.6 Å². The van der Waals surface area contributed by atoms with Gasteiger partial charge in [0, 0.05) is 44.3 Å². The maximum absolute atomic E-state index is 11.8. The van der Waals surface area contributed by atoms with Gasteiger partial charge in [0.05, 0.1) is 45.0 Å². The van der Waals surface area contributed by atoms with Crippen LogP contribution >= 0.6 is 0 Å². The number of H-pyrrole nitrogens is 2. The molecular formula is C48H33N5O8. The van der Waals surface area contributed by atoms with Gasteiger partial charge in [0.25, 0.3) is 0 Å². The predicted octanol–water partition coefficient (Wildman–Crippen LogP) is 10.3. The number of fused-ring (bicyclic) bond motifs is 8. The first-order valence-corrected chi connectivity index (χ1v) is 18.5. The van der Waals surface area contributed by atoms with Gasteiger partial charge in [-0.05, 0) is 119 Å². The first kappa shape index (κ1) is 39.2. The van der Waals surface area contributed by atoms with Crippen LogP contribution in [0.25, 0.3) is 90.9 Å². The molecule has 0 radical (unpaired) electrons. The lowest BCUT2D eigenvalue weighted by molar-refractivity contribution is 0.0686. The molecule has 3 aromatic heterocycles. The predicted molar refractivity (Wildman–Crippen MR) is 233 cm³/mol. The summed E-state index contributed by atoms with van der Waals surface area (Å²) in [5.74, 6) is -4.25. The van der Waals surface area contributed by atoms with Gasteiger partial charge in [0.15, 0.2) is 0 Å². The Labute approximate surface area is 345 Å². The molecule has 0 unspecified atom stereocenters. The number of aromatic amines is 2. The third-order valence-electron chi connectivity index (χ3n) is 10.4. The lowest BCUT2D eigenvalue weighted by atomic mass is 10.0. The molecule has 2 aliphatic heterocycles. The molecule has 13 heteroatoms. The minimum Gasteiger partial charge on any atom is -0.478 e. The van der Waals surface area contributed by atoms with Crippen molar-refractivity contribution in [2.75, 3.05) is 0 Å². The average Bonchev–Trinajstić information content (AvgIpc) is 4.10. The highest BCUT2D eigenvalue weighted by Crippen LogP contribution is 2.38. The second-order valence-corrected chi connectivity index (χ2v) is 14.0. The average molecular weight is 808 g/mol. The third kappa shape index (κ3) is 7.24. The van der Waals surface area contributed by atoms with Gasteiger partial charge in [0.1, 0.15) is 0 Å². The van der Waals surface area contributed by atoms with Crippen molar-refractivity contribution in [3.63, 3.8) is 0 Å². The van der Waals surface area contributed by atoms with Gasteiger partial charge >= 0.3 is 23.9 Å². The first-order chi connectivity index (χ1) is 29.0. The minimum absolute atomic E-state index is 0. The van der Waals surface area contributed by atoms with Gasteiger partial charge in [-0.3, -0.25) is 0 Å². The Morgan fingerprint density at radius 3 is 0.705 bits per heavy atom. The number of aromatic nitrogens is 4. The van der Waals surface area contributed by atoms with Crippen molar-refractivity contribution in [1.82, 2.24) is 26.1 Å². The maximum atomic E-state index is 11.8. The summed E-state index contributed by atoms with van der Waals surface area (Å²) in [5, 5.41) is 38.7. The molecule has 61 heavy (non-hydrogen) atoms. The zero-order chi connectivity index (χ0) is 41.7. The van der Waals surface area contributed by atoms with Crippen LogP contribution in [0.2, 0.25) is 0 Å². The van der Waals surface area contributed by atoms with Crippen molar-refractivity contribution in [2.24, 2.45) is 0 Å². The summed E-state index contributed by atoms with van der Waals surface area (Å²) in [4.78, 5) is 64.8. The van der Waals surface area contributed by atoms with E-state index in [4.69, 9.17) is 9.97 Å². The van der Waals surface area contributed by atoms with Crippen molar-refractivity contribution < 1.29 is 39.6 Å². The van der Waals surface area contributed by atoms with Crippen LogP contribution in [0.3, 0.4) is 0 Å². The quantitative estimate of drug-likeness (QED) is 0.0761. The highest BCUT2D eigenvalue weighted by Gasteiger charge is 2.20. The molecule has 4 aromatic carbocycles. The maximum Gasteiger partial charge on any atom is 0.335 e. The Hall–Kier alpha value is -8.68. The van der Waals surface area contributed by atoms with Crippen LogP contribution in [0, 0.1) is 0 Å². The summed E-state index contributed by atoms with van der Waals surface area (Å²) in [6.07, 6.45) is 7.47. The standard InChI is InChI=1S/C48H30N4O8.H3N/c53-45(54)29-9-1-25(2-10-29)41-33-17-19-35(49-33)42(26-3-11-30(12-4-26)46(55)56)37-21-23-39(51-37)44(28-7-15-32(16-8-28)48(59)60)40-24-22-38(52-40)43(36-20-18-34(41)50-36)27-5-13-31(14-6-27)47(57)58;/h1-24,49,52H,(H,53,54)(H,55,56)(H,57,58)(H,59,60);1H3. The normalized spacial score (nSPS) is 11.5. The summed E-state index contributed by atoms with van der Waals surface area (Å²) in [5.41, 5.74) is 10.7. The number of hydrogen-bond acceptors (Lipinski definition) is 7. The van der Waals surface area contributed by atoms with Gasteiger partial charge in [0.2, 0.25) is 0 Å². The monoisotopic (exact) mass is 807 g/mol. The fourth-order valence-corrected chi connectivity index (χ4v) is 7.54. The summed E-state index contributed by atoms with van der Waals surface area (Å²) >= 11 is 0. The second-order valence-electron chi connectivity index (χ2n) is 14.0. The lowest BCUT2D eigenvalue weighted by Crippen LogP contribution is -1.96. The Morgan fingerprint density at radius 2 is 0.525 bits per heavy atom. The molecule has 9 N–H and O–H groups in total. The smallest absolute Gasteiger partial charge is 0.335 e. The number of benzene rings is 4. The van der Waals surface area contributed by atoms with Gasteiger partial charge in [-0.25, -0.2) is 29.1 Å². The molecule has 0 spiro atoms. The molecule has 5 heterocycles. The molecule has 8 bridgehead atoms. The molecule has 0 atom stereocenters. The van der Waals surface area contributed by atoms with Crippen LogP contribution in [-0.2, 0) is 0 Å². The molecule has 0 amide bonds. The molecule has 7 aromatic rings. The van der Waals surface area contributed by atoms with Crippen LogP contribution in [-0.4, -0.2) is 64.2 Å². The van der Waals surface area contributed by atoms with Gasteiger partial charge in [-0.15, -0.1) is 0 Å². The SMILES string of the molecule is N.O=C(O)c1ccc(-c2c3nc(c(-c4ccc(C(=O)O)cc4)c4ccc([nH]4)c(-c4ccc(C(=O)O)cc4)c4nc(c(-c5ccc(C(=O)O)cc5)c5ccc2[nH]5)C=C4)C=C3)cc1. The fourth-order valence-electron chi connectivity index (χ4n) is 7.54. The van der Waals surface area contributed by atoms with Crippen LogP contribution in [0.1, 0.15) is 64.2 Å². The molecule has 0 aliphatic carbocycles. The van der Waals surface area contributed by atoms with Crippen molar-refractivity contribution in [1.29, 1.82) is 0 Å². The Morgan fingerprint density at radius 1 is 0.328 bits per heavy atom. The number of nitrogens with one attached hydrogen (secondary N) is 2. The van der Waals surface area contributed by atoms with E-state index in [1.54, 1.807) is 48.5 Å². The Bertz CT molecular complexity index is 2760. The number of carboxylic acid groups (broad SMARTS) is 4. The zero-order valence-corrected chi connectivity index (χ0v) is 31.9. The Kier molecular flexibility index (Phi) is 10.0. The van der Waals surface area contributed by atoms with Crippen molar-refractivity contribution in [2.45, 2.75) is 0 Å². The summed E-state index contributed by atoms with van der Waals surface area (Å²) < 4.78 is 0. The third-order valence-corrected chi connectivity index (χ3v) is 10.4. The molecular weight excluding hydrogens is 775 g/mol. The van der Waals surface area contributed by atoms with Gasteiger partial charge < -0.3 is 36.5 Å². The summed E-state index contributed by atoms with van der Waals surface area (Å²) in [6.45, 7) is 0. The number of carboxylic acids is 4. The van der Waals surface area contributed by atoms with Crippen LogP contribution < -0.4 is 6.15 Å². The lowest BCUT2D eigenvalue weighted by Gasteiger charge is -2.08.